The van der Waals surface area contributed by atoms with E-state index in [9.17, 15) is 9.59 Å². The fourth-order valence-electron chi connectivity index (χ4n) is 7.49. The molecule has 4 bridgehead atoms. The van der Waals surface area contributed by atoms with Crippen LogP contribution in [0.2, 0.25) is 0 Å². The summed E-state index contributed by atoms with van der Waals surface area (Å²) in [5, 5.41) is 0. The molecule has 0 N–H and O–H groups in total. The maximum atomic E-state index is 12.7. The monoisotopic (exact) mass is 346 g/mol. The highest BCUT2D eigenvalue weighted by Crippen LogP contribution is 2.72. The van der Waals surface area contributed by atoms with Crippen molar-refractivity contribution in [3.8, 4) is 0 Å². The predicted octanol–water partition coefficient (Wildman–Crippen LogP) is 3.29. The summed E-state index contributed by atoms with van der Waals surface area (Å²) in [7, 11) is 0. The Morgan fingerprint density at radius 2 is 1.80 bits per heavy atom. The molecule has 5 aliphatic rings. The van der Waals surface area contributed by atoms with Crippen molar-refractivity contribution in [3.63, 3.8) is 0 Å². The van der Waals surface area contributed by atoms with Gasteiger partial charge in [-0.2, -0.15) is 0 Å². The van der Waals surface area contributed by atoms with Gasteiger partial charge in [-0.3, -0.25) is 9.59 Å². The standard InChI is InChI=1S/C21H30O4/c1-5-21(3,4)20(23)25-18-9(2)10-6-13(18)16-12-7-11(15(10)16)14-8-24-19(22)17(12)14/h9-18H,5-8H2,1-4H3. The third-order valence-electron chi connectivity index (χ3n) is 8.97. The quantitative estimate of drug-likeness (QED) is 0.581. The highest BCUT2D eigenvalue weighted by Gasteiger charge is 2.72. The van der Waals surface area contributed by atoms with Gasteiger partial charge in [-0.25, -0.2) is 0 Å². The highest BCUT2D eigenvalue weighted by atomic mass is 16.5. The molecule has 4 nitrogen and oxygen atoms in total. The SMILES string of the molecule is CCC(C)(C)C(=O)OC1C(C)C2CC1C1C3CC(C4COC(=O)C43)C21. The number of hydrogen-bond acceptors (Lipinski definition) is 4. The van der Waals surface area contributed by atoms with Crippen LogP contribution in [-0.4, -0.2) is 24.6 Å². The van der Waals surface area contributed by atoms with Gasteiger partial charge >= 0.3 is 11.9 Å². The minimum atomic E-state index is -0.407. The minimum absolute atomic E-state index is 0.0442. The van der Waals surface area contributed by atoms with Crippen LogP contribution in [0.4, 0.5) is 0 Å². The van der Waals surface area contributed by atoms with Gasteiger partial charge in [0, 0.05) is 5.92 Å². The molecular formula is C21H30O4. The third kappa shape index (κ3) is 1.89. The smallest absolute Gasteiger partial charge is 0.311 e. The van der Waals surface area contributed by atoms with Crippen LogP contribution in [0.5, 0.6) is 0 Å². The average Bonchev–Trinajstić information content (AvgIpc) is 3.33. The van der Waals surface area contributed by atoms with Crippen molar-refractivity contribution in [3.05, 3.63) is 0 Å². The molecule has 10 unspecified atom stereocenters. The van der Waals surface area contributed by atoms with E-state index in [0.717, 1.165) is 12.3 Å². The number of ether oxygens (including phenoxy) is 2. The van der Waals surface area contributed by atoms with E-state index >= 15 is 0 Å². The number of carbonyl (C=O) groups excluding carboxylic acids is 2. The van der Waals surface area contributed by atoms with Crippen LogP contribution in [0.1, 0.15) is 47.0 Å². The van der Waals surface area contributed by atoms with Gasteiger partial charge in [0.1, 0.15) is 6.10 Å². The van der Waals surface area contributed by atoms with Crippen molar-refractivity contribution < 1.29 is 19.1 Å². The lowest BCUT2D eigenvalue weighted by Gasteiger charge is -2.44. The van der Waals surface area contributed by atoms with E-state index in [0.29, 0.717) is 48.0 Å². The summed E-state index contributed by atoms with van der Waals surface area (Å²) < 4.78 is 11.5. The van der Waals surface area contributed by atoms with Crippen molar-refractivity contribution >= 4 is 11.9 Å². The highest BCUT2D eigenvalue weighted by molar-refractivity contribution is 5.77. The van der Waals surface area contributed by atoms with Crippen molar-refractivity contribution in [2.75, 3.05) is 6.61 Å². The molecule has 5 rings (SSSR count). The molecule has 1 heterocycles. The van der Waals surface area contributed by atoms with Crippen molar-refractivity contribution in [1.29, 1.82) is 0 Å². The van der Waals surface area contributed by atoms with Gasteiger partial charge in [-0.15, -0.1) is 0 Å². The Labute approximate surface area is 150 Å². The molecule has 4 aliphatic carbocycles. The molecule has 1 aliphatic heterocycles. The molecular weight excluding hydrogens is 316 g/mol. The van der Waals surface area contributed by atoms with E-state index in [2.05, 4.69) is 6.92 Å². The number of fused-ring (bicyclic) bond motifs is 12. The first-order chi connectivity index (χ1) is 11.8. The van der Waals surface area contributed by atoms with Gasteiger partial charge in [0.15, 0.2) is 0 Å². The fourth-order valence-corrected chi connectivity index (χ4v) is 7.49. The summed E-state index contributed by atoms with van der Waals surface area (Å²) in [4.78, 5) is 24.9. The summed E-state index contributed by atoms with van der Waals surface area (Å²) in [6.07, 6.45) is 3.26. The van der Waals surface area contributed by atoms with Gasteiger partial charge in [-0.05, 0) is 74.5 Å². The Bertz CT molecular complexity index is 625. The molecule has 0 aromatic carbocycles. The zero-order chi connectivity index (χ0) is 17.7. The predicted molar refractivity (Wildman–Crippen MR) is 91.2 cm³/mol. The van der Waals surface area contributed by atoms with Crippen molar-refractivity contribution in [2.24, 2.45) is 58.7 Å². The summed E-state index contributed by atoms with van der Waals surface area (Å²) in [5.74, 6) is 4.70. The lowest BCUT2D eigenvalue weighted by Crippen LogP contribution is -2.47. The molecule has 4 saturated carbocycles. The fraction of sp³-hybridized carbons (Fsp3) is 0.905. The first kappa shape index (κ1) is 16.1. The molecule has 0 aromatic heterocycles. The van der Waals surface area contributed by atoms with Crippen LogP contribution in [0, 0.1) is 58.7 Å². The van der Waals surface area contributed by atoms with Gasteiger partial charge in [0.25, 0.3) is 0 Å². The Morgan fingerprint density at radius 1 is 1.12 bits per heavy atom. The van der Waals surface area contributed by atoms with Crippen LogP contribution in [-0.2, 0) is 19.1 Å². The molecule has 0 aromatic rings. The van der Waals surface area contributed by atoms with Crippen LogP contribution >= 0.6 is 0 Å². The lowest BCUT2D eigenvalue weighted by atomic mass is 9.61. The molecule has 4 heteroatoms. The van der Waals surface area contributed by atoms with Crippen molar-refractivity contribution in [2.45, 2.75) is 53.1 Å². The van der Waals surface area contributed by atoms with Gasteiger partial charge in [-0.1, -0.05) is 13.8 Å². The normalized spacial score (nSPS) is 52.2. The Balaban J connectivity index is 1.40. The summed E-state index contributed by atoms with van der Waals surface area (Å²) in [6, 6.07) is 0. The van der Waals surface area contributed by atoms with Gasteiger partial charge in [0.05, 0.1) is 17.9 Å². The molecule has 0 radical (unpaired) electrons. The van der Waals surface area contributed by atoms with E-state index in [1.165, 1.54) is 12.8 Å². The Morgan fingerprint density at radius 3 is 2.52 bits per heavy atom. The second-order valence-corrected chi connectivity index (χ2v) is 10.1. The number of cyclic esters (lactones) is 1. The van der Waals surface area contributed by atoms with Gasteiger partial charge in [0.2, 0.25) is 0 Å². The van der Waals surface area contributed by atoms with E-state index in [-0.39, 0.29) is 24.0 Å². The lowest BCUT2D eigenvalue weighted by molar-refractivity contribution is -0.169. The van der Waals surface area contributed by atoms with Crippen molar-refractivity contribution in [1.82, 2.24) is 0 Å². The van der Waals surface area contributed by atoms with Crippen LogP contribution in [0.15, 0.2) is 0 Å². The Kier molecular flexibility index (Phi) is 3.24. The summed E-state index contributed by atoms with van der Waals surface area (Å²) in [6.45, 7) is 8.95. The van der Waals surface area contributed by atoms with E-state index in [1.54, 1.807) is 0 Å². The first-order valence-corrected chi connectivity index (χ1v) is 10.2. The molecule has 10 atom stereocenters. The molecule has 0 spiro atoms. The van der Waals surface area contributed by atoms with Crippen LogP contribution in [0.25, 0.3) is 0 Å². The summed E-state index contributed by atoms with van der Waals surface area (Å²) in [5.41, 5.74) is -0.407. The number of hydrogen-bond donors (Lipinski definition) is 0. The van der Waals surface area contributed by atoms with E-state index < -0.39 is 5.41 Å². The summed E-state index contributed by atoms with van der Waals surface area (Å²) >= 11 is 0. The maximum Gasteiger partial charge on any atom is 0.311 e. The van der Waals surface area contributed by atoms with Crippen LogP contribution in [0.3, 0.4) is 0 Å². The Hall–Kier alpha value is -1.06. The number of rotatable bonds is 3. The zero-order valence-corrected chi connectivity index (χ0v) is 15.7. The third-order valence-corrected chi connectivity index (χ3v) is 8.97. The largest absolute Gasteiger partial charge is 0.465 e. The van der Waals surface area contributed by atoms with Crippen LogP contribution < -0.4 is 0 Å². The zero-order valence-electron chi connectivity index (χ0n) is 15.7. The van der Waals surface area contributed by atoms with E-state index in [1.807, 2.05) is 20.8 Å². The second kappa shape index (κ2) is 5.01. The first-order valence-electron chi connectivity index (χ1n) is 10.2. The molecule has 1 saturated heterocycles. The topological polar surface area (TPSA) is 52.6 Å². The minimum Gasteiger partial charge on any atom is -0.465 e. The molecule has 5 fully saturated rings. The van der Waals surface area contributed by atoms with E-state index in [4.69, 9.17) is 9.47 Å². The average molecular weight is 346 g/mol. The number of esters is 2. The van der Waals surface area contributed by atoms with Gasteiger partial charge < -0.3 is 9.47 Å². The molecule has 138 valence electrons. The maximum absolute atomic E-state index is 12.7. The number of carbonyl (C=O) groups is 2. The molecule has 25 heavy (non-hydrogen) atoms. The molecule has 0 amide bonds. The second-order valence-electron chi connectivity index (χ2n) is 10.1.